The summed E-state index contributed by atoms with van der Waals surface area (Å²) in [6.45, 7) is 1.85. The fourth-order valence-corrected chi connectivity index (χ4v) is 4.85. The molecule has 3 N–H and O–H groups in total. The van der Waals surface area contributed by atoms with Gasteiger partial charge in [-0.2, -0.15) is 13.2 Å². The maximum atomic E-state index is 13.2. The van der Waals surface area contributed by atoms with E-state index in [1.165, 1.54) is 36.4 Å². The summed E-state index contributed by atoms with van der Waals surface area (Å²) in [6.07, 6.45) is -4.62. The number of nitrogens with zero attached hydrogens (tertiary/aromatic N) is 1. The standard InChI is InChI=1S/C32H29F3N4O6/c1-19(6-13-27(41)38-18-40)39-30(44)24-12-11-23(14-25(24)31(39)45)29(43)37-17-21-9-7-20(8-10-21)16-36-28(42)15-22-4-2-3-5-26(22)32(33,34)35/h2-5,7-12,14,18-19H,6,13,15-17H2,1H3,(H,36,42)(H,37,43)(H,38,40,41). The van der Waals surface area contributed by atoms with Gasteiger partial charge in [0.15, 0.2) is 0 Å². The van der Waals surface area contributed by atoms with E-state index in [-0.39, 0.29) is 54.6 Å². The Morgan fingerprint density at radius 1 is 0.844 bits per heavy atom. The van der Waals surface area contributed by atoms with E-state index < -0.39 is 53.7 Å². The molecule has 0 saturated heterocycles. The van der Waals surface area contributed by atoms with Crippen LogP contribution >= 0.6 is 0 Å². The molecular formula is C32H29F3N4O6. The summed E-state index contributed by atoms with van der Waals surface area (Å²) in [6, 6.07) is 15.3. The average molecular weight is 623 g/mol. The van der Waals surface area contributed by atoms with Gasteiger partial charge in [0.1, 0.15) is 0 Å². The lowest BCUT2D eigenvalue weighted by molar-refractivity contribution is -0.138. The number of carbonyl (C=O) groups excluding carboxylic acids is 6. The first-order valence-electron chi connectivity index (χ1n) is 13.9. The van der Waals surface area contributed by atoms with Crippen molar-refractivity contribution in [3.63, 3.8) is 0 Å². The largest absolute Gasteiger partial charge is 0.416 e. The highest BCUT2D eigenvalue weighted by molar-refractivity contribution is 6.22. The fraction of sp³-hybridized carbons (Fsp3) is 0.250. The Morgan fingerprint density at radius 2 is 1.47 bits per heavy atom. The Hall–Kier alpha value is -5.33. The first-order valence-corrected chi connectivity index (χ1v) is 13.9. The van der Waals surface area contributed by atoms with E-state index in [1.54, 1.807) is 31.2 Å². The SMILES string of the molecule is CC(CCC(=O)NC=O)N1C(=O)c2ccc(C(=O)NCc3ccc(CNC(=O)Cc4ccccc4C(F)(F)F)cc3)cc2C1=O. The molecule has 1 unspecified atom stereocenters. The van der Waals surface area contributed by atoms with Gasteiger partial charge in [-0.25, -0.2) is 0 Å². The van der Waals surface area contributed by atoms with Crippen molar-refractivity contribution in [3.05, 3.63) is 106 Å². The molecule has 1 atom stereocenters. The smallest absolute Gasteiger partial charge is 0.352 e. The van der Waals surface area contributed by atoms with Crippen LogP contribution in [0.15, 0.2) is 66.7 Å². The number of carbonyl (C=O) groups is 6. The molecule has 0 fully saturated rings. The third-order valence-corrected chi connectivity index (χ3v) is 7.27. The number of nitrogens with one attached hydrogen (secondary N) is 3. The fourth-order valence-electron chi connectivity index (χ4n) is 4.85. The van der Waals surface area contributed by atoms with E-state index in [4.69, 9.17) is 0 Å². The quantitative estimate of drug-likeness (QED) is 0.209. The minimum Gasteiger partial charge on any atom is -0.352 e. The third kappa shape index (κ3) is 7.99. The number of benzene rings is 3. The van der Waals surface area contributed by atoms with E-state index in [2.05, 4.69) is 10.6 Å². The van der Waals surface area contributed by atoms with Crippen molar-refractivity contribution in [1.82, 2.24) is 20.9 Å². The van der Waals surface area contributed by atoms with E-state index in [0.717, 1.165) is 16.5 Å². The Labute approximate surface area is 256 Å². The van der Waals surface area contributed by atoms with E-state index in [0.29, 0.717) is 5.56 Å². The van der Waals surface area contributed by atoms with Gasteiger partial charge in [-0.05, 0) is 54.3 Å². The molecule has 45 heavy (non-hydrogen) atoms. The maximum Gasteiger partial charge on any atom is 0.416 e. The summed E-state index contributed by atoms with van der Waals surface area (Å²) in [7, 11) is 0. The number of imide groups is 2. The van der Waals surface area contributed by atoms with Crippen molar-refractivity contribution in [2.24, 2.45) is 0 Å². The van der Waals surface area contributed by atoms with Crippen LogP contribution in [0.2, 0.25) is 0 Å². The molecule has 13 heteroatoms. The first kappa shape index (κ1) is 32.6. The zero-order valence-corrected chi connectivity index (χ0v) is 24.1. The molecule has 0 saturated carbocycles. The molecule has 0 bridgehead atoms. The lowest BCUT2D eigenvalue weighted by atomic mass is 10.0. The second kappa shape index (κ2) is 14.0. The Balaban J connectivity index is 1.29. The van der Waals surface area contributed by atoms with Crippen LogP contribution in [-0.4, -0.2) is 46.9 Å². The molecule has 10 nitrogen and oxygen atoms in total. The number of halogens is 3. The number of fused-ring (bicyclic) bond motifs is 1. The summed E-state index contributed by atoms with van der Waals surface area (Å²) in [5, 5.41) is 7.36. The van der Waals surface area contributed by atoms with Crippen LogP contribution in [0, 0.1) is 0 Å². The van der Waals surface area contributed by atoms with E-state index in [9.17, 15) is 41.9 Å². The molecule has 234 valence electrons. The number of amides is 6. The van der Waals surface area contributed by atoms with Crippen LogP contribution in [0.25, 0.3) is 0 Å². The lowest BCUT2D eigenvalue weighted by Crippen LogP contribution is -2.38. The van der Waals surface area contributed by atoms with Gasteiger partial charge in [0.25, 0.3) is 17.7 Å². The topological polar surface area (TPSA) is 142 Å². The number of alkyl halides is 3. The minimum atomic E-state index is -4.56. The summed E-state index contributed by atoms with van der Waals surface area (Å²) in [4.78, 5) is 73.9. The van der Waals surface area contributed by atoms with Crippen LogP contribution in [0.5, 0.6) is 0 Å². The maximum absolute atomic E-state index is 13.2. The Bertz CT molecular complexity index is 1640. The van der Waals surface area contributed by atoms with Gasteiger partial charge < -0.3 is 10.6 Å². The van der Waals surface area contributed by atoms with Gasteiger partial charge in [0.05, 0.1) is 23.1 Å². The molecule has 1 aliphatic rings. The van der Waals surface area contributed by atoms with Crippen LogP contribution in [0.1, 0.15) is 73.1 Å². The average Bonchev–Trinajstić information content (AvgIpc) is 3.26. The Morgan fingerprint density at radius 3 is 2.11 bits per heavy atom. The van der Waals surface area contributed by atoms with E-state index >= 15 is 0 Å². The van der Waals surface area contributed by atoms with Crippen molar-refractivity contribution in [2.45, 2.75) is 51.5 Å². The zero-order chi connectivity index (χ0) is 32.7. The van der Waals surface area contributed by atoms with Crippen molar-refractivity contribution in [2.75, 3.05) is 0 Å². The lowest BCUT2D eigenvalue weighted by Gasteiger charge is -2.22. The monoisotopic (exact) mass is 622 g/mol. The van der Waals surface area contributed by atoms with Crippen LogP contribution < -0.4 is 16.0 Å². The van der Waals surface area contributed by atoms with Crippen LogP contribution in [-0.2, 0) is 40.1 Å². The van der Waals surface area contributed by atoms with Gasteiger partial charge >= 0.3 is 6.18 Å². The molecule has 1 heterocycles. The molecule has 6 amide bonds. The van der Waals surface area contributed by atoms with Gasteiger partial charge in [-0.15, -0.1) is 0 Å². The molecule has 3 aromatic carbocycles. The highest BCUT2D eigenvalue weighted by Gasteiger charge is 2.39. The van der Waals surface area contributed by atoms with Crippen molar-refractivity contribution in [1.29, 1.82) is 0 Å². The summed E-state index contributed by atoms with van der Waals surface area (Å²) >= 11 is 0. The predicted octanol–water partition coefficient (Wildman–Crippen LogP) is 3.53. The van der Waals surface area contributed by atoms with Crippen molar-refractivity contribution >= 4 is 35.9 Å². The van der Waals surface area contributed by atoms with Crippen molar-refractivity contribution in [3.8, 4) is 0 Å². The third-order valence-electron chi connectivity index (χ3n) is 7.27. The highest BCUT2D eigenvalue weighted by atomic mass is 19.4. The van der Waals surface area contributed by atoms with E-state index in [1.807, 2.05) is 5.32 Å². The second-order valence-corrected chi connectivity index (χ2v) is 10.4. The summed E-state index contributed by atoms with van der Waals surface area (Å²) in [5.41, 5.74) is 0.853. The summed E-state index contributed by atoms with van der Waals surface area (Å²) < 4.78 is 39.5. The van der Waals surface area contributed by atoms with Crippen LogP contribution in [0.3, 0.4) is 0 Å². The predicted molar refractivity (Wildman–Crippen MR) is 154 cm³/mol. The molecule has 4 rings (SSSR count). The number of hydrogen-bond acceptors (Lipinski definition) is 6. The van der Waals surface area contributed by atoms with Gasteiger partial charge in [-0.3, -0.25) is 39.0 Å². The highest BCUT2D eigenvalue weighted by Crippen LogP contribution is 2.32. The summed E-state index contributed by atoms with van der Waals surface area (Å²) in [5.74, 6) is -2.69. The minimum absolute atomic E-state index is 0.0586. The van der Waals surface area contributed by atoms with Gasteiger partial charge in [-0.1, -0.05) is 42.5 Å². The zero-order valence-electron chi connectivity index (χ0n) is 24.1. The van der Waals surface area contributed by atoms with Crippen molar-refractivity contribution < 1.29 is 41.9 Å². The van der Waals surface area contributed by atoms with Crippen LogP contribution in [0.4, 0.5) is 13.2 Å². The molecular weight excluding hydrogens is 593 g/mol. The molecule has 0 aromatic heterocycles. The first-order chi connectivity index (χ1) is 21.4. The molecule has 1 aliphatic heterocycles. The van der Waals surface area contributed by atoms with Gasteiger partial charge in [0, 0.05) is 31.1 Å². The normalized spacial score (nSPS) is 13.2. The molecule has 0 aliphatic carbocycles. The number of hydrogen-bond donors (Lipinski definition) is 3. The second-order valence-electron chi connectivity index (χ2n) is 10.4. The molecule has 0 spiro atoms. The number of rotatable bonds is 12. The molecule has 3 aromatic rings. The van der Waals surface area contributed by atoms with Gasteiger partial charge in [0.2, 0.25) is 18.2 Å². The Kier molecular flexibility index (Phi) is 10.1. The molecule has 0 radical (unpaired) electrons.